The Bertz CT molecular complexity index is 1710. The Kier molecular flexibility index (Phi) is 10.6. The Morgan fingerprint density at radius 3 is 1.93 bits per heavy atom. The Balaban J connectivity index is 1.26. The first kappa shape index (κ1) is 39.0. The summed E-state index contributed by atoms with van der Waals surface area (Å²) in [5, 5.41) is 13.8. The summed E-state index contributed by atoms with van der Waals surface area (Å²) >= 11 is 0. The first-order valence-electron chi connectivity index (χ1n) is 20.5. The SMILES string of the molecule is CC(=O)O[C@H]1[C@H](OC(C)=O)[C@H]2C[C@@H](O[Si](c3ccccc3)(c3ccccc3)C(C)(C)C)CC[C@]2(C)[C@H]2CC[C@]3(C)[C@@H]([C@H](C)[C@@H](O)c4ccoc4)CC[C@H]3[C@H]12. The fraction of sp³-hybridized carbons (Fsp3) is 0.609. The number of rotatable bonds is 9. The molecule has 7 nitrogen and oxygen atoms in total. The van der Waals surface area contributed by atoms with Crippen LogP contribution in [0.25, 0.3) is 0 Å². The minimum Gasteiger partial charge on any atom is -0.472 e. The van der Waals surface area contributed by atoms with Gasteiger partial charge in [0.25, 0.3) is 8.32 Å². The van der Waals surface area contributed by atoms with E-state index in [-0.39, 0.29) is 57.6 Å². The maximum absolute atomic E-state index is 13.1. The van der Waals surface area contributed by atoms with E-state index in [1.54, 1.807) is 12.5 Å². The van der Waals surface area contributed by atoms with Crippen LogP contribution in [0.2, 0.25) is 5.04 Å². The molecular weight excluding hydrogens is 693 g/mol. The maximum atomic E-state index is 13.1. The lowest BCUT2D eigenvalue weighted by Gasteiger charge is -2.64. The first-order valence-corrected chi connectivity index (χ1v) is 22.4. The molecule has 0 unspecified atom stereocenters. The molecule has 1 aromatic heterocycles. The lowest BCUT2D eigenvalue weighted by atomic mass is 9.43. The van der Waals surface area contributed by atoms with Crippen molar-refractivity contribution in [1.82, 2.24) is 0 Å². The van der Waals surface area contributed by atoms with Gasteiger partial charge in [0.1, 0.15) is 12.2 Å². The third-order valence-electron chi connectivity index (χ3n) is 15.1. The zero-order valence-electron chi connectivity index (χ0n) is 33.6. The van der Waals surface area contributed by atoms with Crippen LogP contribution < -0.4 is 10.4 Å². The van der Waals surface area contributed by atoms with Gasteiger partial charge in [-0.15, -0.1) is 0 Å². The van der Waals surface area contributed by atoms with Crippen LogP contribution in [-0.4, -0.2) is 43.7 Å². The number of carbonyl (C=O) groups is 2. The van der Waals surface area contributed by atoms with Gasteiger partial charge in [-0.05, 0) is 101 Å². The number of aliphatic hydroxyl groups is 1. The van der Waals surface area contributed by atoms with Crippen LogP contribution in [0, 0.1) is 46.3 Å². The van der Waals surface area contributed by atoms with Crippen LogP contribution >= 0.6 is 0 Å². The normalized spacial score (nSPS) is 34.8. The molecule has 7 rings (SSSR count). The smallest absolute Gasteiger partial charge is 0.303 e. The molecule has 4 fully saturated rings. The summed E-state index contributed by atoms with van der Waals surface area (Å²) in [7, 11) is -2.84. The third kappa shape index (κ3) is 6.52. The molecule has 2 aromatic carbocycles. The van der Waals surface area contributed by atoms with Crippen molar-refractivity contribution < 1.29 is 33.0 Å². The van der Waals surface area contributed by atoms with Crippen LogP contribution in [-0.2, 0) is 23.5 Å². The number of hydrogen-bond donors (Lipinski definition) is 1. The molecule has 4 saturated carbocycles. The Hall–Kier alpha value is -3.20. The second-order valence-corrected chi connectivity index (χ2v) is 23.1. The Morgan fingerprint density at radius 2 is 1.37 bits per heavy atom. The fourth-order valence-electron chi connectivity index (χ4n) is 12.8. The van der Waals surface area contributed by atoms with E-state index in [9.17, 15) is 14.7 Å². The topological polar surface area (TPSA) is 95.2 Å². The molecule has 4 aliphatic rings. The molecule has 0 saturated heterocycles. The lowest BCUT2D eigenvalue weighted by Crippen LogP contribution is -2.69. The van der Waals surface area contributed by atoms with Crippen LogP contribution in [0.1, 0.15) is 112 Å². The number of esters is 2. The summed E-state index contributed by atoms with van der Waals surface area (Å²) in [5.41, 5.74) is 0.631. The number of carbonyl (C=O) groups excluding carboxylic acids is 2. The molecule has 0 bridgehead atoms. The van der Waals surface area contributed by atoms with Crippen molar-refractivity contribution in [2.45, 2.75) is 130 Å². The fourth-order valence-corrected chi connectivity index (χ4v) is 17.5. The highest BCUT2D eigenvalue weighted by atomic mass is 28.4. The third-order valence-corrected chi connectivity index (χ3v) is 20.2. The van der Waals surface area contributed by atoms with Crippen LogP contribution in [0.15, 0.2) is 83.7 Å². The Morgan fingerprint density at radius 1 is 0.796 bits per heavy atom. The average molecular weight is 755 g/mol. The minimum atomic E-state index is -2.84. The van der Waals surface area contributed by atoms with Crippen LogP contribution in [0.4, 0.5) is 0 Å². The van der Waals surface area contributed by atoms with E-state index < -0.39 is 26.6 Å². The van der Waals surface area contributed by atoms with Crippen molar-refractivity contribution in [2.24, 2.45) is 46.3 Å². The van der Waals surface area contributed by atoms with E-state index >= 15 is 0 Å². The van der Waals surface area contributed by atoms with Gasteiger partial charge in [0, 0.05) is 37.4 Å². The van der Waals surface area contributed by atoms with Crippen LogP contribution in [0.3, 0.4) is 0 Å². The van der Waals surface area contributed by atoms with Gasteiger partial charge in [0.2, 0.25) is 0 Å². The lowest BCUT2D eigenvalue weighted by molar-refractivity contribution is -0.241. The van der Waals surface area contributed by atoms with Crippen molar-refractivity contribution >= 4 is 30.6 Å². The molecule has 8 heteroatoms. The number of aliphatic hydroxyl groups excluding tert-OH is 1. The van der Waals surface area contributed by atoms with Crippen molar-refractivity contribution in [3.8, 4) is 0 Å². The van der Waals surface area contributed by atoms with Crippen LogP contribution in [0.5, 0.6) is 0 Å². The van der Waals surface area contributed by atoms with Crippen molar-refractivity contribution in [3.05, 3.63) is 84.8 Å². The van der Waals surface area contributed by atoms with Gasteiger partial charge in [-0.3, -0.25) is 9.59 Å². The molecule has 1 N–H and O–H groups in total. The summed E-state index contributed by atoms with van der Waals surface area (Å²) in [6.45, 7) is 17.0. The molecule has 3 aromatic rings. The van der Waals surface area contributed by atoms with Gasteiger partial charge in [0.15, 0.2) is 0 Å². The Labute approximate surface area is 323 Å². The van der Waals surface area contributed by atoms with Gasteiger partial charge >= 0.3 is 11.9 Å². The molecule has 292 valence electrons. The summed E-state index contributed by atoms with van der Waals surface area (Å²) in [4.78, 5) is 26.2. The molecule has 1 heterocycles. The summed E-state index contributed by atoms with van der Waals surface area (Å²) < 4.78 is 26.0. The number of benzene rings is 2. The van der Waals surface area contributed by atoms with Crippen molar-refractivity contribution in [1.29, 1.82) is 0 Å². The molecule has 0 radical (unpaired) electrons. The minimum absolute atomic E-state index is 0.0339. The maximum Gasteiger partial charge on any atom is 0.303 e. The van der Waals surface area contributed by atoms with Gasteiger partial charge in [-0.1, -0.05) is 102 Å². The highest BCUT2D eigenvalue weighted by Gasteiger charge is 2.68. The molecular formula is C46H62O7Si. The summed E-state index contributed by atoms with van der Waals surface area (Å²) in [5.74, 6) is 0.243. The largest absolute Gasteiger partial charge is 0.472 e. The van der Waals surface area contributed by atoms with E-state index in [1.165, 1.54) is 24.2 Å². The number of ether oxygens (including phenoxy) is 2. The summed E-state index contributed by atoms with van der Waals surface area (Å²) in [6, 6.07) is 23.5. The zero-order chi connectivity index (χ0) is 38.6. The molecule has 12 atom stereocenters. The molecule has 54 heavy (non-hydrogen) atoms. The monoisotopic (exact) mass is 754 g/mol. The van der Waals surface area contributed by atoms with Gasteiger partial charge in [-0.25, -0.2) is 0 Å². The molecule has 4 aliphatic carbocycles. The predicted molar refractivity (Wildman–Crippen MR) is 212 cm³/mol. The average Bonchev–Trinajstić information content (AvgIpc) is 3.80. The molecule has 0 amide bonds. The van der Waals surface area contributed by atoms with Gasteiger partial charge < -0.3 is 23.4 Å². The first-order chi connectivity index (χ1) is 25.6. The van der Waals surface area contributed by atoms with Crippen molar-refractivity contribution in [3.63, 3.8) is 0 Å². The van der Waals surface area contributed by atoms with Gasteiger partial charge in [0.05, 0.1) is 18.6 Å². The highest BCUT2D eigenvalue weighted by molar-refractivity contribution is 6.99. The van der Waals surface area contributed by atoms with E-state index in [4.69, 9.17) is 18.3 Å². The van der Waals surface area contributed by atoms with E-state index in [0.717, 1.165) is 50.5 Å². The highest BCUT2D eigenvalue weighted by Crippen LogP contribution is 2.69. The second-order valence-electron chi connectivity index (χ2n) is 18.8. The number of hydrogen-bond acceptors (Lipinski definition) is 7. The number of fused-ring (bicyclic) bond motifs is 5. The number of furan rings is 1. The molecule has 0 spiro atoms. The van der Waals surface area contributed by atoms with Crippen molar-refractivity contribution in [2.75, 3.05) is 0 Å². The second kappa shape index (κ2) is 14.7. The predicted octanol–water partition coefficient (Wildman–Crippen LogP) is 8.64. The van der Waals surface area contributed by atoms with Gasteiger partial charge in [-0.2, -0.15) is 0 Å². The molecule has 0 aliphatic heterocycles. The standard InChI is InChI=1S/C46H62O7Si/c1-29(41(49)32-23-26-50-28-32)36-19-20-37-40-38(22-25-45(36,37)7)46(8)24-21-33(27-39(46)42(51-30(2)47)43(40)52-31(3)48)53-54(44(4,5)6,34-15-11-9-12-16-34)35-17-13-10-14-18-35/h9-18,23,26,28-29,33,36-43,49H,19-22,24-25,27H2,1-8H3/t29-,33-,36+,37-,38-,39+,40-,41+,42+,43+,45+,46+/m0/s1. The zero-order valence-corrected chi connectivity index (χ0v) is 34.6. The van der Waals surface area contributed by atoms with E-state index in [2.05, 4.69) is 102 Å². The quantitative estimate of drug-likeness (QED) is 0.173. The summed E-state index contributed by atoms with van der Waals surface area (Å²) in [6.07, 6.45) is 8.17. The van der Waals surface area contributed by atoms with E-state index in [0.29, 0.717) is 11.8 Å². The van der Waals surface area contributed by atoms with E-state index in [1.807, 2.05) is 6.07 Å².